The average Bonchev–Trinajstić information content (AvgIpc) is 3.24. The highest BCUT2D eigenvalue weighted by atomic mass is 127. The first kappa shape index (κ1) is 26.6. The zero-order valence-electron chi connectivity index (χ0n) is 20.2. The molecule has 0 aromatic heterocycles. The van der Waals surface area contributed by atoms with Gasteiger partial charge >= 0.3 is 5.97 Å². The molecule has 1 heterocycles. The summed E-state index contributed by atoms with van der Waals surface area (Å²) in [5.41, 5.74) is 1.80. The van der Waals surface area contributed by atoms with Crippen LogP contribution in [0.15, 0.2) is 70.6 Å². The SMILES string of the molecule is CCOc1cc(/C=C2\SC(=Nc3ccc(OC)cc3)NC2=O)cc(I)c1OC(=O)c1ccc(OC)cc1. The quantitative estimate of drug-likeness (QED) is 0.145. The van der Waals surface area contributed by atoms with Crippen molar-refractivity contribution in [1.82, 2.24) is 5.32 Å². The molecule has 0 saturated carbocycles. The first-order valence-corrected chi connectivity index (χ1v) is 13.1. The van der Waals surface area contributed by atoms with Gasteiger partial charge in [-0.15, -0.1) is 0 Å². The standard InChI is InChI=1S/C27H23IN2O6S/c1-4-35-22-14-16(13-21(28)24(22)36-26(32)17-5-9-19(33-2)10-6-17)15-23-25(31)30-27(37-23)29-18-7-11-20(34-3)12-8-18/h5-15H,4H2,1-3H3,(H,29,30,31)/b23-15-. The number of aliphatic imine (C=N–C) groups is 1. The third kappa shape index (κ3) is 6.63. The monoisotopic (exact) mass is 630 g/mol. The topological polar surface area (TPSA) is 95.5 Å². The van der Waals surface area contributed by atoms with Gasteiger partial charge in [0, 0.05) is 0 Å². The van der Waals surface area contributed by atoms with E-state index >= 15 is 0 Å². The summed E-state index contributed by atoms with van der Waals surface area (Å²) in [4.78, 5) is 30.3. The third-order valence-electron chi connectivity index (χ3n) is 5.10. The smallest absolute Gasteiger partial charge is 0.343 e. The minimum absolute atomic E-state index is 0.250. The maximum absolute atomic E-state index is 12.7. The number of thioether (sulfide) groups is 1. The predicted octanol–water partition coefficient (Wildman–Crippen LogP) is 5.82. The number of amidine groups is 1. The van der Waals surface area contributed by atoms with Gasteiger partial charge in [0.15, 0.2) is 16.7 Å². The van der Waals surface area contributed by atoms with Crippen molar-refractivity contribution < 1.29 is 28.5 Å². The molecule has 1 saturated heterocycles. The van der Waals surface area contributed by atoms with Gasteiger partial charge in [-0.25, -0.2) is 9.79 Å². The fourth-order valence-electron chi connectivity index (χ4n) is 3.32. The van der Waals surface area contributed by atoms with E-state index in [1.807, 2.05) is 25.1 Å². The van der Waals surface area contributed by atoms with E-state index in [1.54, 1.807) is 62.8 Å². The zero-order valence-corrected chi connectivity index (χ0v) is 23.2. The van der Waals surface area contributed by atoms with Crippen LogP contribution >= 0.6 is 34.4 Å². The van der Waals surface area contributed by atoms with Crippen molar-refractivity contribution >= 4 is 63.2 Å². The molecule has 0 bridgehead atoms. The molecule has 190 valence electrons. The molecule has 0 aliphatic carbocycles. The minimum Gasteiger partial charge on any atom is -0.497 e. The molecule has 0 spiro atoms. The minimum atomic E-state index is -0.516. The van der Waals surface area contributed by atoms with Crippen molar-refractivity contribution in [2.45, 2.75) is 6.92 Å². The molecule has 3 aromatic rings. The number of nitrogens with zero attached hydrogens (tertiary/aromatic N) is 1. The summed E-state index contributed by atoms with van der Waals surface area (Å²) in [6.45, 7) is 2.21. The number of nitrogens with one attached hydrogen (secondary N) is 1. The summed E-state index contributed by atoms with van der Waals surface area (Å²) < 4.78 is 22.4. The number of hydrogen-bond donors (Lipinski definition) is 1. The molecule has 1 fully saturated rings. The van der Waals surface area contributed by atoms with Crippen molar-refractivity contribution in [3.8, 4) is 23.0 Å². The van der Waals surface area contributed by atoms with Gasteiger partial charge < -0.3 is 24.3 Å². The summed E-state index contributed by atoms with van der Waals surface area (Å²) >= 11 is 3.32. The van der Waals surface area contributed by atoms with E-state index in [0.717, 1.165) is 11.3 Å². The van der Waals surface area contributed by atoms with Crippen molar-refractivity contribution in [3.63, 3.8) is 0 Å². The molecule has 1 N–H and O–H groups in total. The van der Waals surface area contributed by atoms with Crippen LogP contribution in [0.1, 0.15) is 22.8 Å². The highest BCUT2D eigenvalue weighted by molar-refractivity contribution is 14.1. The first-order valence-electron chi connectivity index (χ1n) is 11.2. The van der Waals surface area contributed by atoms with Gasteiger partial charge in [0.2, 0.25) is 0 Å². The molecular formula is C27H23IN2O6S. The summed E-state index contributed by atoms with van der Waals surface area (Å²) in [6.07, 6.45) is 1.75. The van der Waals surface area contributed by atoms with Crippen molar-refractivity contribution in [3.05, 3.63) is 80.3 Å². The lowest BCUT2D eigenvalue weighted by atomic mass is 10.1. The first-order chi connectivity index (χ1) is 17.9. The number of carbonyl (C=O) groups is 2. The molecule has 1 aliphatic rings. The Balaban J connectivity index is 1.56. The Kier molecular flexibility index (Phi) is 8.72. The van der Waals surface area contributed by atoms with Gasteiger partial charge in [0.05, 0.1) is 40.6 Å². The molecule has 4 rings (SSSR count). The Morgan fingerprint density at radius 2 is 1.68 bits per heavy atom. The molecule has 0 unspecified atom stereocenters. The van der Waals surface area contributed by atoms with Gasteiger partial charge in [-0.1, -0.05) is 0 Å². The fraction of sp³-hybridized carbons (Fsp3) is 0.148. The second kappa shape index (κ2) is 12.2. The highest BCUT2D eigenvalue weighted by Gasteiger charge is 2.25. The van der Waals surface area contributed by atoms with Crippen LogP contribution in [-0.2, 0) is 4.79 Å². The fourth-order valence-corrected chi connectivity index (χ4v) is 4.90. The van der Waals surface area contributed by atoms with Crippen LogP contribution in [0.3, 0.4) is 0 Å². The number of esters is 1. The van der Waals surface area contributed by atoms with Crippen LogP contribution in [0.4, 0.5) is 5.69 Å². The van der Waals surface area contributed by atoms with Gasteiger partial charge in [-0.3, -0.25) is 4.79 Å². The van der Waals surface area contributed by atoms with Crippen LogP contribution < -0.4 is 24.3 Å². The van der Waals surface area contributed by atoms with Crippen molar-refractivity contribution in [2.75, 3.05) is 20.8 Å². The van der Waals surface area contributed by atoms with Gasteiger partial charge in [-0.05, 0) is 114 Å². The van der Waals surface area contributed by atoms with Crippen LogP contribution in [0.2, 0.25) is 0 Å². The number of benzene rings is 3. The van der Waals surface area contributed by atoms with Gasteiger partial charge in [-0.2, -0.15) is 0 Å². The van der Waals surface area contributed by atoms with E-state index in [2.05, 4.69) is 32.9 Å². The largest absolute Gasteiger partial charge is 0.497 e. The number of halogens is 1. The molecule has 8 nitrogen and oxygen atoms in total. The number of hydrogen-bond acceptors (Lipinski definition) is 8. The van der Waals surface area contributed by atoms with Crippen LogP contribution in [-0.4, -0.2) is 37.9 Å². The highest BCUT2D eigenvalue weighted by Crippen LogP contribution is 2.37. The second-order valence-electron chi connectivity index (χ2n) is 7.56. The number of carbonyl (C=O) groups excluding carboxylic acids is 2. The molecule has 37 heavy (non-hydrogen) atoms. The second-order valence-corrected chi connectivity index (χ2v) is 9.75. The predicted molar refractivity (Wildman–Crippen MR) is 152 cm³/mol. The van der Waals surface area contributed by atoms with Crippen molar-refractivity contribution in [1.29, 1.82) is 0 Å². The van der Waals surface area contributed by atoms with Gasteiger partial charge in [0.1, 0.15) is 11.5 Å². The third-order valence-corrected chi connectivity index (χ3v) is 6.82. The molecule has 0 radical (unpaired) electrons. The van der Waals surface area contributed by atoms with E-state index in [9.17, 15) is 9.59 Å². The van der Waals surface area contributed by atoms with Crippen LogP contribution in [0.25, 0.3) is 6.08 Å². The van der Waals surface area contributed by atoms with E-state index in [4.69, 9.17) is 18.9 Å². The van der Waals surface area contributed by atoms with E-state index in [0.29, 0.717) is 48.7 Å². The molecular weight excluding hydrogens is 607 g/mol. The van der Waals surface area contributed by atoms with Crippen molar-refractivity contribution in [2.24, 2.45) is 4.99 Å². The lowest BCUT2D eigenvalue weighted by Gasteiger charge is -2.14. The zero-order chi connectivity index (χ0) is 26.4. The van der Waals surface area contributed by atoms with E-state index in [-0.39, 0.29) is 5.91 Å². The Morgan fingerprint density at radius 3 is 2.30 bits per heavy atom. The molecule has 10 heteroatoms. The Labute approximate surface area is 232 Å². The van der Waals surface area contributed by atoms with E-state index in [1.165, 1.54) is 11.8 Å². The number of methoxy groups -OCH3 is 2. The lowest BCUT2D eigenvalue weighted by molar-refractivity contribution is -0.115. The summed E-state index contributed by atoms with van der Waals surface area (Å²) in [5.74, 6) is 1.32. The molecule has 0 atom stereocenters. The van der Waals surface area contributed by atoms with Gasteiger partial charge in [0.25, 0.3) is 5.91 Å². The Morgan fingerprint density at radius 1 is 1.03 bits per heavy atom. The molecule has 3 aromatic carbocycles. The van der Waals surface area contributed by atoms with Crippen LogP contribution in [0, 0.1) is 3.57 Å². The Hall–Kier alpha value is -3.51. The maximum Gasteiger partial charge on any atom is 0.343 e. The average molecular weight is 630 g/mol. The maximum atomic E-state index is 12.7. The van der Waals surface area contributed by atoms with Crippen LogP contribution in [0.5, 0.6) is 23.0 Å². The Bertz CT molecular complexity index is 1370. The molecule has 1 amide bonds. The number of rotatable bonds is 8. The summed E-state index contributed by atoms with van der Waals surface area (Å²) in [6, 6.07) is 17.4. The summed E-state index contributed by atoms with van der Waals surface area (Å²) in [7, 11) is 3.16. The lowest BCUT2D eigenvalue weighted by Crippen LogP contribution is -2.19. The number of ether oxygens (including phenoxy) is 4. The number of amides is 1. The molecule has 1 aliphatic heterocycles. The van der Waals surface area contributed by atoms with E-state index < -0.39 is 5.97 Å². The normalized spacial score (nSPS) is 15.0. The summed E-state index contributed by atoms with van der Waals surface area (Å²) in [5, 5.41) is 3.26.